The second-order valence-corrected chi connectivity index (χ2v) is 4.98. The molecule has 0 bridgehead atoms. The summed E-state index contributed by atoms with van der Waals surface area (Å²) in [5, 5.41) is 3.19. The number of nitrogens with one attached hydrogen (secondary N) is 1. The van der Waals surface area contributed by atoms with Crippen LogP contribution in [0.5, 0.6) is 0 Å². The van der Waals surface area contributed by atoms with Crippen molar-refractivity contribution < 1.29 is 4.79 Å². The van der Waals surface area contributed by atoms with E-state index >= 15 is 0 Å². The molecule has 0 saturated carbocycles. The summed E-state index contributed by atoms with van der Waals surface area (Å²) < 4.78 is 2.10. The number of rotatable bonds is 6. The molecule has 1 aromatic carbocycles. The Bertz CT molecular complexity index is 592. The van der Waals surface area contributed by atoms with Crippen LogP contribution >= 0.6 is 0 Å². The number of aromatic nitrogens is 2. The molecule has 2 rings (SSSR count). The summed E-state index contributed by atoms with van der Waals surface area (Å²) in [5.74, 6) is 1.04. The van der Waals surface area contributed by atoms with Gasteiger partial charge in [0.25, 0.3) is 0 Å². The maximum Gasteiger partial charge on any atom is 0.236 e. The zero-order valence-corrected chi connectivity index (χ0v) is 12.8. The Morgan fingerprint density at radius 3 is 2.71 bits per heavy atom. The average molecular weight is 286 g/mol. The highest BCUT2D eigenvalue weighted by atomic mass is 16.2. The second kappa shape index (κ2) is 7.04. The minimum absolute atomic E-state index is 0.0972. The number of hydrogen-bond donors (Lipinski definition) is 1. The number of para-hydroxylation sites is 1. The van der Waals surface area contributed by atoms with E-state index in [1.807, 2.05) is 57.4 Å². The third kappa shape index (κ3) is 3.70. The first-order chi connectivity index (χ1) is 10.1. The van der Waals surface area contributed by atoms with E-state index in [9.17, 15) is 4.79 Å². The van der Waals surface area contributed by atoms with Crippen LogP contribution < -0.4 is 5.32 Å². The minimum Gasteiger partial charge on any atom is -0.345 e. The molecule has 0 atom stereocenters. The van der Waals surface area contributed by atoms with Crippen LogP contribution in [-0.4, -0.2) is 40.5 Å². The van der Waals surface area contributed by atoms with Gasteiger partial charge in [-0.2, -0.15) is 0 Å². The van der Waals surface area contributed by atoms with E-state index in [-0.39, 0.29) is 5.91 Å². The Balaban J connectivity index is 2.04. The van der Waals surface area contributed by atoms with E-state index in [1.54, 1.807) is 4.90 Å². The number of aryl methyl sites for hydroxylation is 1. The van der Waals surface area contributed by atoms with Gasteiger partial charge in [0.05, 0.1) is 18.4 Å². The number of carbonyl (C=O) groups excluding carboxylic acids is 1. The van der Waals surface area contributed by atoms with Gasteiger partial charge in [0.15, 0.2) is 0 Å². The van der Waals surface area contributed by atoms with Gasteiger partial charge in [-0.1, -0.05) is 18.2 Å². The van der Waals surface area contributed by atoms with Gasteiger partial charge in [-0.3, -0.25) is 9.36 Å². The van der Waals surface area contributed by atoms with E-state index in [1.165, 1.54) is 0 Å². The van der Waals surface area contributed by atoms with E-state index in [4.69, 9.17) is 0 Å². The number of benzene rings is 1. The lowest BCUT2D eigenvalue weighted by Crippen LogP contribution is -2.35. The number of likely N-dealkylation sites (N-methyl/N-ethyl adjacent to an activating group) is 1. The quantitative estimate of drug-likeness (QED) is 0.880. The molecule has 0 aliphatic carbocycles. The highest BCUT2D eigenvalue weighted by Gasteiger charge is 2.10. The van der Waals surface area contributed by atoms with Crippen LogP contribution in [0.4, 0.5) is 0 Å². The van der Waals surface area contributed by atoms with Gasteiger partial charge in [0.1, 0.15) is 5.82 Å². The van der Waals surface area contributed by atoms with Crippen molar-refractivity contribution in [1.82, 2.24) is 19.8 Å². The molecule has 112 valence electrons. The molecule has 1 aromatic heterocycles. The van der Waals surface area contributed by atoms with Crippen LogP contribution in [0, 0.1) is 6.92 Å². The Hall–Kier alpha value is -2.14. The summed E-state index contributed by atoms with van der Waals surface area (Å²) in [4.78, 5) is 17.8. The zero-order valence-electron chi connectivity index (χ0n) is 12.8. The van der Waals surface area contributed by atoms with Crippen LogP contribution in [0.3, 0.4) is 0 Å². The van der Waals surface area contributed by atoms with E-state index in [0.717, 1.165) is 23.8 Å². The van der Waals surface area contributed by atoms with Crippen molar-refractivity contribution in [3.8, 4) is 5.69 Å². The van der Waals surface area contributed by atoms with E-state index in [0.29, 0.717) is 13.1 Å². The summed E-state index contributed by atoms with van der Waals surface area (Å²) in [5.41, 5.74) is 2.13. The lowest BCUT2D eigenvalue weighted by Gasteiger charge is -2.15. The van der Waals surface area contributed by atoms with Crippen molar-refractivity contribution in [3.63, 3.8) is 0 Å². The van der Waals surface area contributed by atoms with Crippen molar-refractivity contribution in [3.05, 3.63) is 48.0 Å². The number of imidazole rings is 1. The molecule has 1 N–H and O–H groups in total. The first-order valence-electron chi connectivity index (χ1n) is 7.16. The Labute approximate surface area is 125 Å². The summed E-state index contributed by atoms with van der Waals surface area (Å²) >= 11 is 0. The Morgan fingerprint density at radius 1 is 1.33 bits per heavy atom. The summed E-state index contributed by atoms with van der Waals surface area (Å²) in [6.45, 7) is 5.61. The molecular weight excluding hydrogens is 264 g/mol. The Morgan fingerprint density at radius 2 is 2.05 bits per heavy atom. The second-order valence-electron chi connectivity index (χ2n) is 4.98. The van der Waals surface area contributed by atoms with E-state index < -0.39 is 0 Å². The smallest absolute Gasteiger partial charge is 0.236 e. The van der Waals surface area contributed by atoms with Gasteiger partial charge >= 0.3 is 0 Å². The van der Waals surface area contributed by atoms with Crippen LogP contribution in [0.2, 0.25) is 0 Å². The van der Waals surface area contributed by atoms with Crippen molar-refractivity contribution in [2.45, 2.75) is 20.4 Å². The predicted molar refractivity (Wildman–Crippen MR) is 83.3 cm³/mol. The lowest BCUT2D eigenvalue weighted by atomic mass is 10.3. The van der Waals surface area contributed by atoms with Crippen molar-refractivity contribution in [2.75, 3.05) is 20.1 Å². The van der Waals surface area contributed by atoms with Crippen LogP contribution in [0.15, 0.2) is 36.5 Å². The number of nitrogens with zero attached hydrogens (tertiary/aromatic N) is 3. The van der Waals surface area contributed by atoms with Gasteiger partial charge in [-0.05, 0) is 26.0 Å². The largest absolute Gasteiger partial charge is 0.345 e. The van der Waals surface area contributed by atoms with Gasteiger partial charge < -0.3 is 10.2 Å². The highest BCUT2D eigenvalue weighted by molar-refractivity contribution is 5.77. The third-order valence-corrected chi connectivity index (χ3v) is 3.51. The zero-order chi connectivity index (χ0) is 15.2. The summed E-state index contributed by atoms with van der Waals surface area (Å²) in [6.07, 6.45) is 1.85. The topological polar surface area (TPSA) is 50.2 Å². The molecule has 0 unspecified atom stereocenters. The summed E-state index contributed by atoms with van der Waals surface area (Å²) in [7, 11) is 1.81. The number of carbonyl (C=O) groups is 1. The van der Waals surface area contributed by atoms with Crippen molar-refractivity contribution in [1.29, 1.82) is 0 Å². The van der Waals surface area contributed by atoms with Gasteiger partial charge in [-0.15, -0.1) is 0 Å². The van der Waals surface area contributed by atoms with E-state index in [2.05, 4.69) is 14.9 Å². The van der Waals surface area contributed by atoms with Crippen molar-refractivity contribution in [2.24, 2.45) is 0 Å². The maximum atomic E-state index is 11.8. The van der Waals surface area contributed by atoms with Crippen LogP contribution in [0.1, 0.15) is 18.4 Å². The van der Waals surface area contributed by atoms with Gasteiger partial charge in [0.2, 0.25) is 5.91 Å². The predicted octanol–water partition coefficient (Wildman–Crippen LogP) is 1.75. The molecule has 0 spiro atoms. The van der Waals surface area contributed by atoms with Crippen molar-refractivity contribution >= 4 is 5.91 Å². The Kier molecular flexibility index (Phi) is 5.11. The fourth-order valence-corrected chi connectivity index (χ4v) is 2.15. The molecule has 0 aliphatic heterocycles. The number of hydrogen-bond acceptors (Lipinski definition) is 3. The summed E-state index contributed by atoms with van der Waals surface area (Å²) in [6, 6.07) is 10.1. The molecule has 0 radical (unpaired) electrons. The lowest BCUT2D eigenvalue weighted by molar-refractivity contribution is -0.128. The molecule has 5 nitrogen and oxygen atoms in total. The fourth-order valence-electron chi connectivity index (χ4n) is 2.15. The molecule has 5 heteroatoms. The molecule has 21 heavy (non-hydrogen) atoms. The maximum absolute atomic E-state index is 11.8. The fraction of sp³-hybridized carbons (Fsp3) is 0.375. The third-order valence-electron chi connectivity index (χ3n) is 3.51. The molecular formula is C16H22N4O. The molecule has 2 aromatic rings. The standard InChI is InChI=1S/C16H22N4O/c1-4-19(3)16(21)12-17-10-15-11-18-13(2)20(15)14-8-6-5-7-9-14/h5-9,11,17H,4,10,12H2,1-3H3. The number of amides is 1. The average Bonchev–Trinajstić information content (AvgIpc) is 2.88. The molecule has 0 aliphatic rings. The first kappa shape index (κ1) is 15.3. The van der Waals surface area contributed by atoms with Gasteiger partial charge in [-0.25, -0.2) is 4.98 Å². The SMILES string of the molecule is CCN(C)C(=O)CNCc1cnc(C)n1-c1ccccc1. The molecule has 1 amide bonds. The van der Waals surface area contributed by atoms with Crippen LogP contribution in [0.25, 0.3) is 5.69 Å². The normalized spacial score (nSPS) is 10.6. The van der Waals surface area contributed by atoms with Crippen LogP contribution in [-0.2, 0) is 11.3 Å². The first-order valence-corrected chi connectivity index (χ1v) is 7.16. The van der Waals surface area contributed by atoms with Gasteiger partial charge in [0, 0.05) is 25.8 Å². The molecule has 0 saturated heterocycles. The highest BCUT2D eigenvalue weighted by Crippen LogP contribution is 2.14. The monoisotopic (exact) mass is 286 g/mol. The molecule has 0 fully saturated rings. The minimum atomic E-state index is 0.0972. The molecule has 1 heterocycles.